The van der Waals surface area contributed by atoms with Crippen LogP contribution in [0.1, 0.15) is 25.5 Å². The third-order valence-electron chi connectivity index (χ3n) is 3.98. The number of rotatable bonds is 10. The molecule has 1 atom stereocenters. The molecule has 7 nitrogen and oxygen atoms in total. The Hall–Kier alpha value is -2.29. The van der Waals surface area contributed by atoms with E-state index in [0.29, 0.717) is 35.3 Å². The molecule has 154 valence electrons. The van der Waals surface area contributed by atoms with Crippen molar-refractivity contribution in [2.45, 2.75) is 24.8 Å². The fourth-order valence-electron chi connectivity index (χ4n) is 2.43. The van der Waals surface area contributed by atoms with Crippen LogP contribution in [0.25, 0.3) is 0 Å². The predicted octanol–water partition coefficient (Wildman–Crippen LogP) is 2.75. The van der Waals surface area contributed by atoms with Crippen molar-refractivity contribution >= 4 is 10.0 Å². The molecule has 0 saturated carbocycles. The van der Waals surface area contributed by atoms with E-state index in [1.165, 1.54) is 26.4 Å². The maximum atomic E-state index is 12.5. The highest BCUT2D eigenvalue weighted by atomic mass is 32.2. The van der Waals surface area contributed by atoms with E-state index in [9.17, 15) is 13.5 Å². The minimum absolute atomic E-state index is 0.101. The molecule has 1 unspecified atom stereocenters. The van der Waals surface area contributed by atoms with Crippen LogP contribution in [0.5, 0.6) is 17.2 Å². The van der Waals surface area contributed by atoms with E-state index in [2.05, 4.69) is 4.72 Å². The lowest BCUT2D eigenvalue weighted by atomic mass is 10.1. The Morgan fingerprint density at radius 2 is 1.64 bits per heavy atom. The van der Waals surface area contributed by atoms with Gasteiger partial charge < -0.3 is 19.3 Å². The number of sulfonamides is 1. The van der Waals surface area contributed by atoms with Crippen LogP contribution in [0.15, 0.2) is 47.4 Å². The predicted molar refractivity (Wildman–Crippen MR) is 106 cm³/mol. The highest BCUT2D eigenvalue weighted by Gasteiger charge is 2.18. The van der Waals surface area contributed by atoms with Crippen LogP contribution < -0.4 is 18.9 Å². The van der Waals surface area contributed by atoms with Crippen molar-refractivity contribution in [1.82, 2.24) is 4.72 Å². The number of aliphatic hydroxyl groups is 1. The summed E-state index contributed by atoms with van der Waals surface area (Å²) < 4.78 is 43.3. The quantitative estimate of drug-likeness (QED) is 0.627. The molecule has 0 amide bonds. The van der Waals surface area contributed by atoms with Crippen LogP contribution in [0.4, 0.5) is 0 Å². The molecule has 2 aromatic carbocycles. The zero-order valence-electron chi connectivity index (χ0n) is 16.5. The van der Waals surface area contributed by atoms with Crippen molar-refractivity contribution in [3.05, 3.63) is 48.0 Å². The fraction of sp³-hybridized carbons (Fsp3) is 0.400. The summed E-state index contributed by atoms with van der Waals surface area (Å²) in [6, 6.07) is 11.1. The molecule has 0 aliphatic rings. The van der Waals surface area contributed by atoms with Crippen molar-refractivity contribution in [2.75, 3.05) is 27.4 Å². The smallest absolute Gasteiger partial charge is 0.240 e. The Kier molecular flexibility index (Phi) is 7.68. The Labute approximate surface area is 166 Å². The van der Waals surface area contributed by atoms with Gasteiger partial charge in [0.1, 0.15) is 5.75 Å². The van der Waals surface area contributed by atoms with Gasteiger partial charge in [-0.2, -0.15) is 0 Å². The second kappa shape index (κ2) is 9.77. The summed E-state index contributed by atoms with van der Waals surface area (Å²) in [6.07, 6.45) is -1.04. The van der Waals surface area contributed by atoms with Crippen molar-refractivity contribution in [1.29, 1.82) is 0 Å². The minimum atomic E-state index is -3.76. The maximum absolute atomic E-state index is 12.5. The van der Waals surface area contributed by atoms with Crippen LogP contribution in [-0.4, -0.2) is 40.9 Å². The van der Waals surface area contributed by atoms with Gasteiger partial charge in [0.25, 0.3) is 0 Å². The van der Waals surface area contributed by atoms with E-state index in [1.807, 2.05) is 13.8 Å². The monoisotopic (exact) mass is 409 g/mol. The van der Waals surface area contributed by atoms with Gasteiger partial charge in [-0.1, -0.05) is 19.9 Å². The number of ether oxygens (including phenoxy) is 3. The molecule has 2 aromatic rings. The molecular weight excluding hydrogens is 382 g/mol. The SMILES string of the molecule is COc1ccc(C(O)CNS(=O)(=O)c2ccc(OCC(C)C)cc2)cc1OC. The van der Waals surface area contributed by atoms with Crippen LogP contribution >= 0.6 is 0 Å². The topological polar surface area (TPSA) is 94.1 Å². The second-order valence-corrected chi connectivity index (χ2v) is 8.43. The molecule has 0 heterocycles. The van der Waals surface area contributed by atoms with E-state index in [1.54, 1.807) is 30.3 Å². The molecule has 0 aliphatic carbocycles. The number of nitrogens with one attached hydrogen (secondary N) is 1. The number of hydrogen-bond donors (Lipinski definition) is 2. The minimum Gasteiger partial charge on any atom is -0.493 e. The summed E-state index contributed by atoms with van der Waals surface area (Å²) in [4.78, 5) is 0.101. The number of aliphatic hydroxyl groups excluding tert-OH is 1. The lowest BCUT2D eigenvalue weighted by molar-refractivity contribution is 0.181. The van der Waals surface area contributed by atoms with Gasteiger partial charge in [-0.05, 0) is 47.9 Å². The van der Waals surface area contributed by atoms with Crippen LogP contribution in [0, 0.1) is 5.92 Å². The third kappa shape index (κ3) is 5.85. The highest BCUT2D eigenvalue weighted by Crippen LogP contribution is 2.30. The van der Waals surface area contributed by atoms with Crippen molar-refractivity contribution in [2.24, 2.45) is 5.92 Å². The van der Waals surface area contributed by atoms with Gasteiger partial charge in [-0.25, -0.2) is 13.1 Å². The van der Waals surface area contributed by atoms with Crippen LogP contribution in [0.3, 0.4) is 0 Å². The largest absolute Gasteiger partial charge is 0.493 e. The maximum Gasteiger partial charge on any atom is 0.240 e. The van der Waals surface area contributed by atoms with Gasteiger partial charge in [0.2, 0.25) is 10.0 Å². The van der Waals surface area contributed by atoms with E-state index >= 15 is 0 Å². The Balaban J connectivity index is 2.02. The zero-order chi connectivity index (χ0) is 20.7. The van der Waals surface area contributed by atoms with E-state index in [0.717, 1.165) is 0 Å². The molecule has 0 radical (unpaired) electrons. The van der Waals surface area contributed by atoms with Gasteiger partial charge in [0.05, 0.1) is 31.8 Å². The molecule has 8 heteroatoms. The zero-order valence-corrected chi connectivity index (χ0v) is 17.3. The number of hydrogen-bond acceptors (Lipinski definition) is 6. The summed E-state index contributed by atoms with van der Waals surface area (Å²) in [6.45, 7) is 4.45. The van der Waals surface area contributed by atoms with Gasteiger partial charge in [-0.15, -0.1) is 0 Å². The molecule has 0 saturated heterocycles. The Morgan fingerprint density at radius 1 is 1.00 bits per heavy atom. The van der Waals surface area contributed by atoms with Crippen LogP contribution in [0.2, 0.25) is 0 Å². The molecule has 0 fully saturated rings. The molecule has 2 N–H and O–H groups in total. The van der Waals surface area contributed by atoms with Crippen molar-refractivity contribution in [3.63, 3.8) is 0 Å². The van der Waals surface area contributed by atoms with Crippen molar-refractivity contribution < 1.29 is 27.7 Å². The number of methoxy groups -OCH3 is 2. The van der Waals surface area contributed by atoms with E-state index < -0.39 is 16.1 Å². The van der Waals surface area contributed by atoms with Gasteiger partial charge in [-0.3, -0.25) is 0 Å². The molecule has 0 spiro atoms. The molecule has 0 aliphatic heterocycles. The van der Waals surface area contributed by atoms with Gasteiger partial charge >= 0.3 is 0 Å². The lowest BCUT2D eigenvalue weighted by Gasteiger charge is -2.15. The van der Waals surface area contributed by atoms with E-state index in [-0.39, 0.29) is 11.4 Å². The standard InChI is InChI=1S/C20H27NO6S/c1-14(2)13-27-16-6-8-17(9-7-16)28(23,24)21-12-18(22)15-5-10-19(25-3)20(11-15)26-4/h5-11,14,18,21-22H,12-13H2,1-4H3. The molecular formula is C20H27NO6S. The normalized spacial score (nSPS) is 12.6. The molecule has 2 rings (SSSR count). The lowest BCUT2D eigenvalue weighted by Crippen LogP contribution is -2.28. The first kappa shape index (κ1) is 22.0. The average Bonchev–Trinajstić information content (AvgIpc) is 2.70. The van der Waals surface area contributed by atoms with Gasteiger partial charge in [0, 0.05) is 6.54 Å². The third-order valence-corrected chi connectivity index (χ3v) is 5.42. The number of benzene rings is 2. The molecule has 28 heavy (non-hydrogen) atoms. The van der Waals surface area contributed by atoms with Gasteiger partial charge in [0.15, 0.2) is 11.5 Å². The summed E-state index contributed by atoms with van der Waals surface area (Å²) in [7, 11) is -0.755. The first-order chi connectivity index (χ1) is 13.3. The fourth-order valence-corrected chi connectivity index (χ4v) is 3.47. The van der Waals surface area contributed by atoms with E-state index in [4.69, 9.17) is 14.2 Å². The molecule has 0 bridgehead atoms. The average molecular weight is 410 g/mol. The summed E-state index contributed by atoms with van der Waals surface area (Å²) in [5, 5.41) is 10.3. The summed E-state index contributed by atoms with van der Waals surface area (Å²) in [5.74, 6) is 1.97. The second-order valence-electron chi connectivity index (χ2n) is 6.66. The Bertz CT molecular complexity index is 865. The van der Waals surface area contributed by atoms with Crippen molar-refractivity contribution in [3.8, 4) is 17.2 Å². The Morgan fingerprint density at radius 3 is 2.21 bits per heavy atom. The molecule has 0 aromatic heterocycles. The summed E-state index contributed by atoms with van der Waals surface area (Å²) in [5.41, 5.74) is 0.512. The summed E-state index contributed by atoms with van der Waals surface area (Å²) >= 11 is 0. The van der Waals surface area contributed by atoms with Crippen LogP contribution in [-0.2, 0) is 10.0 Å². The first-order valence-electron chi connectivity index (χ1n) is 8.89. The highest BCUT2D eigenvalue weighted by molar-refractivity contribution is 7.89. The first-order valence-corrected chi connectivity index (χ1v) is 10.4.